The summed E-state index contributed by atoms with van der Waals surface area (Å²) in [4.78, 5) is 11.1. The molecule has 0 saturated heterocycles. The first-order chi connectivity index (χ1) is 9.06. The van der Waals surface area contributed by atoms with Gasteiger partial charge in [-0.2, -0.15) is 0 Å². The number of hydrogen-bond donors (Lipinski definition) is 3. The van der Waals surface area contributed by atoms with E-state index in [1.54, 1.807) is 0 Å². The Morgan fingerprint density at radius 1 is 1.21 bits per heavy atom. The largest absolute Gasteiger partial charge is 0.358 e. The van der Waals surface area contributed by atoms with Gasteiger partial charge in [0.1, 0.15) is 5.82 Å². The van der Waals surface area contributed by atoms with Crippen molar-refractivity contribution in [3.63, 3.8) is 0 Å². The predicted octanol–water partition coefficient (Wildman–Crippen LogP) is 3.19. The third-order valence-corrected chi connectivity index (χ3v) is 3.44. The maximum atomic E-state index is 5.85. The zero-order valence-electron chi connectivity index (χ0n) is 11.4. The second-order valence-corrected chi connectivity index (χ2v) is 5.14. The van der Waals surface area contributed by atoms with E-state index in [4.69, 9.17) is 5.73 Å². The van der Waals surface area contributed by atoms with Gasteiger partial charge in [0.15, 0.2) is 0 Å². The molecule has 0 bridgehead atoms. The third-order valence-electron chi connectivity index (χ3n) is 3.44. The monoisotopic (exact) mass is 254 g/mol. The molecule has 4 N–H and O–H groups in total. The molecule has 1 aromatic carbocycles. The van der Waals surface area contributed by atoms with Crippen LogP contribution in [0.4, 0.5) is 0 Å². The third kappa shape index (κ3) is 1.94. The lowest BCUT2D eigenvalue weighted by atomic mass is 10.1. The number of benzene rings is 1. The van der Waals surface area contributed by atoms with E-state index in [-0.39, 0.29) is 6.04 Å². The highest BCUT2D eigenvalue weighted by atomic mass is 15.0. The highest BCUT2D eigenvalue weighted by Crippen LogP contribution is 2.31. The Balaban J connectivity index is 2.22. The van der Waals surface area contributed by atoms with E-state index in [0.29, 0.717) is 0 Å². The lowest BCUT2D eigenvalue weighted by Crippen LogP contribution is -2.06. The molecule has 3 rings (SSSR count). The van der Waals surface area contributed by atoms with Crippen molar-refractivity contribution in [2.24, 2.45) is 5.73 Å². The number of nitrogens with two attached hydrogens (primary N) is 1. The Bertz CT molecular complexity index is 734. The van der Waals surface area contributed by atoms with Gasteiger partial charge < -0.3 is 15.7 Å². The number of imidazole rings is 1. The summed E-state index contributed by atoms with van der Waals surface area (Å²) in [7, 11) is 0. The van der Waals surface area contributed by atoms with Gasteiger partial charge in [-0.1, -0.05) is 11.6 Å². The molecule has 0 aliphatic rings. The standard InChI is InChI=1S/C15H18N4/c1-8-4-5-12-11(6-8)14(10(3)18-12)13-7-17-15(19-13)9(2)16/h4-7,9,18H,16H2,1-3H3,(H,17,19). The van der Waals surface area contributed by atoms with Crippen molar-refractivity contribution >= 4 is 10.9 Å². The Kier molecular flexibility index (Phi) is 2.68. The van der Waals surface area contributed by atoms with Gasteiger partial charge in [-0.25, -0.2) is 4.98 Å². The summed E-state index contributed by atoms with van der Waals surface area (Å²) in [5.41, 5.74) is 11.6. The van der Waals surface area contributed by atoms with Crippen molar-refractivity contribution in [1.29, 1.82) is 0 Å². The number of hydrogen-bond acceptors (Lipinski definition) is 2. The van der Waals surface area contributed by atoms with E-state index in [0.717, 1.165) is 22.7 Å². The number of fused-ring (bicyclic) bond motifs is 1. The average molecular weight is 254 g/mol. The minimum atomic E-state index is -0.0824. The summed E-state index contributed by atoms with van der Waals surface area (Å²) in [5, 5.41) is 1.22. The normalized spacial score (nSPS) is 13.1. The van der Waals surface area contributed by atoms with Gasteiger partial charge in [0.2, 0.25) is 0 Å². The van der Waals surface area contributed by atoms with Crippen LogP contribution in [0.3, 0.4) is 0 Å². The van der Waals surface area contributed by atoms with Gasteiger partial charge in [0.25, 0.3) is 0 Å². The topological polar surface area (TPSA) is 70.5 Å². The molecule has 0 radical (unpaired) electrons. The molecule has 0 spiro atoms. The quantitative estimate of drug-likeness (QED) is 0.657. The summed E-state index contributed by atoms with van der Waals surface area (Å²) in [6.07, 6.45) is 1.86. The summed E-state index contributed by atoms with van der Waals surface area (Å²) in [6.45, 7) is 6.11. The first-order valence-electron chi connectivity index (χ1n) is 6.46. The Morgan fingerprint density at radius 3 is 2.68 bits per heavy atom. The second kappa shape index (κ2) is 4.24. The van der Waals surface area contributed by atoms with Crippen molar-refractivity contribution in [3.05, 3.63) is 41.5 Å². The van der Waals surface area contributed by atoms with Crippen molar-refractivity contribution in [3.8, 4) is 11.3 Å². The molecular weight excluding hydrogens is 236 g/mol. The summed E-state index contributed by atoms with van der Waals surface area (Å²) < 4.78 is 0. The average Bonchev–Trinajstić information content (AvgIpc) is 2.92. The zero-order valence-corrected chi connectivity index (χ0v) is 11.4. The van der Waals surface area contributed by atoms with E-state index in [1.807, 2.05) is 13.1 Å². The van der Waals surface area contributed by atoms with Gasteiger partial charge in [-0.3, -0.25) is 0 Å². The predicted molar refractivity (Wildman–Crippen MR) is 78.0 cm³/mol. The van der Waals surface area contributed by atoms with Gasteiger partial charge in [-0.05, 0) is 32.9 Å². The molecule has 98 valence electrons. The van der Waals surface area contributed by atoms with E-state index in [9.17, 15) is 0 Å². The van der Waals surface area contributed by atoms with E-state index in [2.05, 4.69) is 47.0 Å². The molecule has 4 nitrogen and oxygen atoms in total. The number of aryl methyl sites for hydroxylation is 2. The van der Waals surface area contributed by atoms with Crippen LogP contribution >= 0.6 is 0 Å². The van der Waals surface area contributed by atoms with Crippen LogP contribution in [-0.4, -0.2) is 15.0 Å². The molecule has 0 amide bonds. The van der Waals surface area contributed by atoms with Crippen LogP contribution in [0.15, 0.2) is 24.4 Å². The highest BCUT2D eigenvalue weighted by molar-refractivity contribution is 5.96. The molecule has 0 fully saturated rings. The first kappa shape index (κ1) is 12.0. The maximum absolute atomic E-state index is 5.85. The molecule has 3 aromatic rings. The fraction of sp³-hybridized carbons (Fsp3) is 0.267. The Hall–Kier alpha value is -2.07. The van der Waals surface area contributed by atoms with Crippen LogP contribution in [0.1, 0.15) is 30.0 Å². The Morgan fingerprint density at radius 2 is 2.00 bits per heavy atom. The van der Waals surface area contributed by atoms with Crippen molar-refractivity contribution in [1.82, 2.24) is 15.0 Å². The zero-order chi connectivity index (χ0) is 13.6. The lowest BCUT2D eigenvalue weighted by Gasteiger charge is -2.01. The number of nitrogens with one attached hydrogen (secondary N) is 2. The molecular formula is C15H18N4. The maximum Gasteiger partial charge on any atom is 0.123 e. The van der Waals surface area contributed by atoms with Gasteiger partial charge in [-0.15, -0.1) is 0 Å². The van der Waals surface area contributed by atoms with Crippen molar-refractivity contribution < 1.29 is 0 Å². The van der Waals surface area contributed by atoms with Crippen LogP contribution in [0.5, 0.6) is 0 Å². The highest BCUT2D eigenvalue weighted by Gasteiger charge is 2.14. The summed E-state index contributed by atoms with van der Waals surface area (Å²) in [5.74, 6) is 0.816. The molecule has 0 aliphatic heterocycles. The molecule has 4 heteroatoms. The number of nitrogens with zero attached hydrogens (tertiary/aromatic N) is 1. The van der Waals surface area contributed by atoms with Crippen molar-refractivity contribution in [2.45, 2.75) is 26.8 Å². The first-order valence-corrected chi connectivity index (χ1v) is 6.46. The summed E-state index contributed by atoms with van der Waals surface area (Å²) in [6, 6.07) is 6.34. The van der Waals surface area contributed by atoms with E-state index >= 15 is 0 Å². The van der Waals surface area contributed by atoms with Crippen LogP contribution in [0.2, 0.25) is 0 Å². The van der Waals surface area contributed by atoms with E-state index in [1.165, 1.54) is 16.5 Å². The molecule has 1 unspecified atom stereocenters. The SMILES string of the molecule is Cc1ccc2[nH]c(C)c(-c3cnc(C(C)N)[nH]3)c2c1. The van der Waals surface area contributed by atoms with Gasteiger partial charge >= 0.3 is 0 Å². The van der Waals surface area contributed by atoms with Crippen LogP contribution in [-0.2, 0) is 0 Å². The number of H-pyrrole nitrogens is 2. The minimum Gasteiger partial charge on any atom is -0.358 e. The molecule has 2 aromatic heterocycles. The molecule has 0 saturated carbocycles. The molecule has 19 heavy (non-hydrogen) atoms. The van der Waals surface area contributed by atoms with Gasteiger partial charge in [0, 0.05) is 22.2 Å². The van der Waals surface area contributed by atoms with Gasteiger partial charge in [0.05, 0.1) is 17.9 Å². The van der Waals surface area contributed by atoms with Crippen LogP contribution < -0.4 is 5.73 Å². The van der Waals surface area contributed by atoms with Crippen LogP contribution in [0, 0.1) is 13.8 Å². The fourth-order valence-electron chi connectivity index (χ4n) is 2.48. The summed E-state index contributed by atoms with van der Waals surface area (Å²) >= 11 is 0. The van der Waals surface area contributed by atoms with Crippen molar-refractivity contribution in [2.75, 3.05) is 0 Å². The van der Waals surface area contributed by atoms with Crippen LogP contribution in [0.25, 0.3) is 22.2 Å². The second-order valence-electron chi connectivity index (χ2n) is 5.14. The Labute approximate surface area is 112 Å². The number of rotatable bonds is 2. The van der Waals surface area contributed by atoms with E-state index < -0.39 is 0 Å². The molecule has 2 heterocycles. The minimum absolute atomic E-state index is 0.0824. The molecule has 1 atom stereocenters. The number of aromatic amines is 2. The smallest absolute Gasteiger partial charge is 0.123 e. The fourth-order valence-corrected chi connectivity index (χ4v) is 2.48. The molecule has 0 aliphatic carbocycles. The number of aromatic nitrogens is 3. The lowest BCUT2D eigenvalue weighted by molar-refractivity contribution is 0.756.